The lowest BCUT2D eigenvalue weighted by Crippen LogP contribution is -2.04. The third-order valence-corrected chi connectivity index (χ3v) is 5.01. The Morgan fingerprint density at radius 2 is 1.75 bits per heavy atom. The topological polar surface area (TPSA) is 48.7 Å². The number of fused-ring (bicyclic) bond motifs is 1. The van der Waals surface area contributed by atoms with Crippen molar-refractivity contribution in [2.45, 2.75) is 6.61 Å². The van der Waals surface area contributed by atoms with Gasteiger partial charge in [0.25, 0.3) is 0 Å². The minimum atomic E-state index is -0.416. The number of hydrogen-bond acceptors (Lipinski definition) is 4. The third kappa shape index (κ3) is 3.68. The van der Waals surface area contributed by atoms with Gasteiger partial charge in [-0.25, -0.2) is 4.79 Å². The smallest absolute Gasteiger partial charge is 0.336 e. The standard InChI is InChI=1S/C17H11Br3O4/c1-22-11-2-3-15-12(7-11)9(4-16(21)24-15)8-23-17-13(19)5-10(18)6-14(17)20/h2-7H,8H2,1H3. The molecule has 0 aliphatic rings. The molecule has 124 valence electrons. The van der Waals surface area contributed by atoms with Crippen LogP contribution in [0.2, 0.25) is 0 Å². The fraction of sp³-hybridized carbons (Fsp3) is 0.118. The Kier molecular flexibility index (Phi) is 5.32. The zero-order valence-corrected chi connectivity index (χ0v) is 17.2. The first-order valence-corrected chi connectivity index (χ1v) is 9.24. The van der Waals surface area contributed by atoms with Crippen molar-refractivity contribution < 1.29 is 13.9 Å². The van der Waals surface area contributed by atoms with Gasteiger partial charge >= 0.3 is 5.63 Å². The van der Waals surface area contributed by atoms with Gasteiger partial charge in [0.05, 0.1) is 16.1 Å². The summed E-state index contributed by atoms with van der Waals surface area (Å²) in [6.45, 7) is 0.216. The van der Waals surface area contributed by atoms with E-state index in [2.05, 4.69) is 47.8 Å². The van der Waals surface area contributed by atoms with Crippen LogP contribution in [0, 0.1) is 0 Å². The summed E-state index contributed by atoms with van der Waals surface area (Å²) in [4.78, 5) is 11.8. The van der Waals surface area contributed by atoms with Crippen LogP contribution in [0.3, 0.4) is 0 Å². The molecule has 0 atom stereocenters. The molecule has 24 heavy (non-hydrogen) atoms. The molecule has 2 aromatic carbocycles. The van der Waals surface area contributed by atoms with Gasteiger partial charge in [-0.3, -0.25) is 0 Å². The van der Waals surface area contributed by atoms with Crippen molar-refractivity contribution in [3.63, 3.8) is 0 Å². The van der Waals surface area contributed by atoms with Gasteiger partial charge in [-0.1, -0.05) is 15.9 Å². The summed E-state index contributed by atoms with van der Waals surface area (Å²) in [5.41, 5.74) is 0.804. The quantitative estimate of drug-likeness (QED) is 0.418. The van der Waals surface area contributed by atoms with Crippen molar-refractivity contribution in [1.29, 1.82) is 0 Å². The molecule has 0 N–H and O–H groups in total. The van der Waals surface area contributed by atoms with E-state index in [0.29, 0.717) is 17.1 Å². The van der Waals surface area contributed by atoms with Crippen LogP contribution in [0.4, 0.5) is 0 Å². The fourth-order valence-electron chi connectivity index (χ4n) is 2.27. The SMILES string of the molecule is COc1ccc2oc(=O)cc(COc3c(Br)cc(Br)cc3Br)c2c1. The van der Waals surface area contributed by atoms with Gasteiger partial charge in [0.2, 0.25) is 0 Å². The second kappa shape index (κ2) is 7.29. The van der Waals surface area contributed by atoms with Gasteiger partial charge < -0.3 is 13.9 Å². The van der Waals surface area contributed by atoms with Gasteiger partial charge in [0.15, 0.2) is 0 Å². The van der Waals surface area contributed by atoms with E-state index in [4.69, 9.17) is 13.9 Å². The van der Waals surface area contributed by atoms with Crippen molar-refractivity contribution in [2.24, 2.45) is 0 Å². The van der Waals surface area contributed by atoms with E-state index in [-0.39, 0.29) is 6.61 Å². The highest BCUT2D eigenvalue weighted by molar-refractivity contribution is 9.11. The maximum Gasteiger partial charge on any atom is 0.336 e. The third-order valence-electron chi connectivity index (χ3n) is 3.37. The number of methoxy groups -OCH3 is 1. The highest BCUT2D eigenvalue weighted by Gasteiger charge is 2.12. The predicted octanol–water partition coefficient (Wildman–Crippen LogP) is 5.67. The van der Waals surface area contributed by atoms with E-state index in [9.17, 15) is 4.79 Å². The average molecular weight is 519 g/mol. The molecular formula is C17H11Br3O4. The first-order valence-electron chi connectivity index (χ1n) is 6.86. The maximum absolute atomic E-state index is 11.8. The summed E-state index contributed by atoms with van der Waals surface area (Å²) < 4.78 is 18.9. The predicted molar refractivity (Wildman–Crippen MR) is 103 cm³/mol. The Morgan fingerprint density at radius 3 is 2.42 bits per heavy atom. The van der Waals surface area contributed by atoms with E-state index in [0.717, 1.165) is 24.4 Å². The fourth-order valence-corrected chi connectivity index (χ4v) is 4.76. The minimum absolute atomic E-state index is 0.216. The van der Waals surface area contributed by atoms with Crippen molar-refractivity contribution in [3.8, 4) is 11.5 Å². The molecule has 0 aliphatic carbocycles. The van der Waals surface area contributed by atoms with Crippen LogP contribution in [0.1, 0.15) is 5.56 Å². The molecule has 0 radical (unpaired) electrons. The summed E-state index contributed by atoms with van der Waals surface area (Å²) >= 11 is 10.4. The summed E-state index contributed by atoms with van der Waals surface area (Å²) in [6, 6.07) is 10.5. The second-order valence-corrected chi connectivity index (χ2v) is 7.56. The van der Waals surface area contributed by atoms with Crippen LogP contribution < -0.4 is 15.1 Å². The maximum atomic E-state index is 11.8. The summed E-state index contributed by atoms with van der Waals surface area (Å²) in [5.74, 6) is 1.34. The van der Waals surface area contributed by atoms with Gasteiger partial charge in [0, 0.05) is 21.5 Å². The number of ether oxygens (including phenoxy) is 2. The van der Waals surface area contributed by atoms with Gasteiger partial charge in [-0.05, 0) is 62.2 Å². The van der Waals surface area contributed by atoms with E-state index in [1.807, 2.05) is 18.2 Å². The van der Waals surface area contributed by atoms with E-state index in [1.165, 1.54) is 6.07 Å². The lowest BCUT2D eigenvalue weighted by atomic mass is 10.1. The monoisotopic (exact) mass is 516 g/mol. The zero-order valence-electron chi connectivity index (χ0n) is 12.4. The largest absolute Gasteiger partial charge is 0.497 e. The molecule has 0 unspecified atom stereocenters. The molecule has 0 aliphatic heterocycles. The molecule has 0 amide bonds. The highest BCUT2D eigenvalue weighted by Crippen LogP contribution is 2.37. The van der Waals surface area contributed by atoms with Gasteiger partial charge in [-0.2, -0.15) is 0 Å². The lowest BCUT2D eigenvalue weighted by molar-refractivity contribution is 0.302. The van der Waals surface area contributed by atoms with Crippen LogP contribution in [0.5, 0.6) is 11.5 Å². The Bertz CT molecular complexity index is 943. The molecule has 4 nitrogen and oxygen atoms in total. The first-order chi connectivity index (χ1) is 11.5. The van der Waals surface area contributed by atoms with Crippen molar-refractivity contribution in [3.05, 3.63) is 65.8 Å². The van der Waals surface area contributed by atoms with E-state index < -0.39 is 5.63 Å². The second-order valence-electron chi connectivity index (χ2n) is 4.94. The van der Waals surface area contributed by atoms with Crippen molar-refractivity contribution >= 4 is 58.8 Å². The normalized spacial score (nSPS) is 10.8. The van der Waals surface area contributed by atoms with Crippen LogP contribution in [-0.4, -0.2) is 7.11 Å². The Labute approximate surface area is 163 Å². The van der Waals surface area contributed by atoms with Gasteiger partial charge in [0.1, 0.15) is 23.7 Å². The number of hydrogen-bond donors (Lipinski definition) is 0. The highest BCUT2D eigenvalue weighted by atomic mass is 79.9. The molecule has 0 saturated heterocycles. The molecule has 0 spiro atoms. The summed E-state index contributed by atoms with van der Waals surface area (Å²) in [5, 5.41) is 0.776. The van der Waals surface area contributed by atoms with E-state index >= 15 is 0 Å². The molecule has 0 fully saturated rings. The molecule has 0 bridgehead atoms. The molecule has 7 heteroatoms. The summed E-state index contributed by atoms with van der Waals surface area (Å²) in [7, 11) is 1.59. The number of halogens is 3. The van der Waals surface area contributed by atoms with Crippen molar-refractivity contribution in [1.82, 2.24) is 0 Å². The minimum Gasteiger partial charge on any atom is -0.497 e. The summed E-state index contributed by atoms with van der Waals surface area (Å²) in [6.07, 6.45) is 0. The molecule has 1 heterocycles. The first kappa shape index (κ1) is 17.5. The van der Waals surface area contributed by atoms with Crippen LogP contribution in [0.15, 0.2) is 59.0 Å². The number of benzene rings is 2. The number of rotatable bonds is 4. The molecular weight excluding hydrogens is 508 g/mol. The molecule has 0 saturated carbocycles. The molecule has 3 aromatic rings. The average Bonchev–Trinajstić information content (AvgIpc) is 2.53. The van der Waals surface area contributed by atoms with E-state index in [1.54, 1.807) is 19.2 Å². The van der Waals surface area contributed by atoms with Crippen molar-refractivity contribution in [2.75, 3.05) is 7.11 Å². The van der Waals surface area contributed by atoms with Crippen LogP contribution in [-0.2, 0) is 6.61 Å². The van der Waals surface area contributed by atoms with Crippen LogP contribution >= 0.6 is 47.8 Å². The molecule has 3 rings (SSSR count). The lowest BCUT2D eigenvalue weighted by Gasteiger charge is -2.12. The Balaban J connectivity index is 2.00. The Hall–Kier alpha value is -1.31. The Morgan fingerprint density at radius 1 is 1.04 bits per heavy atom. The zero-order chi connectivity index (χ0) is 17.3. The molecule has 1 aromatic heterocycles. The van der Waals surface area contributed by atoms with Gasteiger partial charge in [-0.15, -0.1) is 0 Å². The van der Waals surface area contributed by atoms with Crippen LogP contribution in [0.25, 0.3) is 11.0 Å².